The van der Waals surface area contributed by atoms with Crippen molar-refractivity contribution in [2.24, 2.45) is 23.0 Å². The van der Waals surface area contributed by atoms with Crippen LogP contribution in [0.25, 0.3) is 0 Å². The van der Waals surface area contributed by atoms with Gasteiger partial charge in [0.15, 0.2) is 0 Å². The Hall–Kier alpha value is -0.600. The van der Waals surface area contributed by atoms with Crippen LogP contribution in [0.5, 0.6) is 0 Å². The van der Waals surface area contributed by atoms with Gasteiger partial charge in [0.2, 0.25) is 0 Å². The van der Waals surface area contributed by atoms with Crippen molar-refractivity contribution in [1.29, 1.82) is 0 Å². The molecule has 0 spiro atoms. The van der Waals surface area contributed by atoms with E-state index in [1.807, 2.05) is 6.07 Å². The summed E-state index contributed by atoms with van der Waals surface area (Å²) in [4.78, 5) is 4.03. The molecule has 1 atom stereocenters. The quantitative estimate of drug-likeness (QED) is 0.894. The fourth-order valence-corrected chi connectivity index (χ4v) is 3.60. The van der Waals surface area contributed by atoms with E-state index in [9.17, 15) is 0 Å². The zero-order valence-corrected chi connectivity index (χ0v) is 13.7. The molecule has 2 N–H and O–H groups in total. The molecule has 1 unspecified atom stereocenters. The molecule has 0 radical (unpaired) electrons. The molecule has 0 bridgehead atoms. The lowest BCUT2D eigenvalue weighted by Gasteiger charge is -2.38. The van der Waals surface area contributed by atoms with Crippen LogP contribution in [0.3, 0.4) is 0 Å². The molecule has 1 aromatic heterocycles. The first-order valence-electron chi connectivity index (χ1n) is 7.72. The van der Waals surface area contributed by atoms with Gasteiger partial charge in [-0.3, -0.25) is 4.98 Å². The van der Waals surface area contributed by atoms with E-state index in [0.29, 0.717) is 11.3 Å². The van der Waals surface area contributed by atoms with Crippen LogP contribution < -0.4 is 5.73 Å². The maximum absolute atomic E-state index is 6.42. The van der Waals surface area contributed by atoms with Gasteiger partial charge in [-0.2, -0.15) is 0 Å². The molecule has 0 saturated heterocycles. The largest absolute Gasteiger partial charge is 0.327 e. The number of hydrogen-bond donors (Lipinski definition) is 1. The third-order valence-electron chi connectivity index (χ3n) is 4.91. The van der Waals surface area contributed by atoms with E-state index >= 15 is 0 Å². The van der Waals surface area contributed by atoms with Gasteiger partial charge in [-0.1, -0.05) is 32.4 Å². The van der Waals surface area contributed by atoms with Crippen molar-refractivity contribution in [3.63, 3.8) is 0 Å². The third kappa shape index (κ3) is 3.95. The molecule has 0 aromatic carbocycles. The van der Waals surface area contributed by atoms with Crippen LogP contribution in [0.15, 0.2) is 18.5 Å². The number of hydrogen-bond acceptors (Lipinski definition) is 2. The van der Waals surface area contributed by atoms with Gasteiger partial charge < -0.3 is 5.73 Å². The topological polar surface area (TPSA) is 38.9 Å². The lowest BCUT2D eigenvalue weighted by atomic mass is 9.68. The second kappa shape index (κ2) is 6.44. The summed E-state index contributed by atoms with van der Waals surface area (Å²) in [6.07, 6.45) is 9.51. The summed E-state index contributed by atoms with van der Waals surface area (Å²) in [5.74, 6) is 1.48. The summed E-state index contributed by atoms with van der Waals surface area (Å²) >= 11 is 6.17. The number of rotatable bonds is 3. The van der Waals surface area contributed by atoms with Gasteiger partial charge in [0.1, 0.15) is 0 Å². The Morgan fingerprint density at radius 2 is 1.95 bits per heavy atom. The highest BCUT2D eigenvalue weighted by Crippen LogP contribution is 2.40. The number of nitrogens with two attached hydrogens (primary N) is 1. The zero-order chi connectivity index (χ0) is 14.8. The second-order valence-corrected chi connectivity index (χ2v) is 7.72. The number of pyridine rings is 1. The minimum Gasteiger partial charge on any atom is -0.327 e. The van der Waals surface area contributed by atoms with Crippen molar-refractivity contribution in [1.82, 2.24) is 4.98 Å². The second-order valence-electron chi connectivity index (χ2n) is 7.31. The first kappa shape index (κ1) is 15.8. The molecule has 0 amide bonds. The van der Waals surface area contributed by atoms with Gasteiger partial charge >= 0.3 is 0 Å². The summed E-state index contributed by atoms with van der Waals surface area (Å²) in [6.45, 7) is 7.07. The third-order valence-corrected chi connectivity index (χ3v) is 5.25. The van der Waals surface area contributed by atoms with E-state index in [2.05, 4.69) is 25.8 Å². The summed E-state index contributed by atoms with van der Waals surface area (Å²) < 4.78 is 0. The van der Waals surface area contributed by atoms with Gasteiger partial charge in [0, 0.05) is 18.4 Å². The molecule has 1 aromatic rings. The van der Waals surface area contributed by atoms with E-state index in [1.54, 1.807) is 12.4 Å². The molecule has 1 fully saturated rings. The standard InChI is InChI=1S/C17H27ClN2/c1-17(2,3)14-6-4-12(5-7-14)16(19)10-13-8-9-20-11-15(13)18/h8-9,11-12,14,16H,4-7,10,19H2,1-3H3. The van der Waals surface area contributed by atoms with Crippen LogP contribution in [-0.4, -0.2) is 11.0 Å². The van der Waals surface area contributed by atoms with Gasteiger partial charge in [-0.25, -0.2) is 0 Å². The lowest BCUT2D eigenvalue weighted by Crippen LogP contribution is -2.37. The van der Waals surface area contributed by atoms with Gasteiger partial charge in [0.25, 0.3) is 0 Å². The zero-order valence-electron chi connectivity index (χ0n) is 12.9. The fraction of sp³-hybridized carbons (Fsp3) is 0.706. The molecule has 1 saturated carbocycles. The smallest absolute Gasteiger partial charge is 0.0621 e. The minimum atomic E-state index is 0.218. The van der Waals surface area contributed by atoms with Crippen LogP contribution in [0.4, 0.5) is 0 Å². The average Bonchev–Trinajstić information content (AvgIpc) is 2.40. The lowest BCUT2D eigenvalue weighted by molar-refractivity contribution is 0.139. The SMILES string of the molecule is CC(C)(C)C1CCC(C(N)Cc2ccncc2Cl)CC1. The molecule has 112 valence electrons. The Bertz CT molecular complexity index is 431. The van der Waals surface area contributed by atoms with Crippen molar-refractivity contribution in [3.8, 4) is 0 Å². The van der Waals surface area contributed by atoms with Crippen molar-refractivity contribution in [3.05, 3.63) is 29.0 Å². The monoisotopic (exact) mass is 294 g/mol. The van der Waals surface area contributed by atoms with Gasteiger partial charge in [-0.05, 0) is 61.0 Å². The molecule has 1 aliphatic carbocycles. The van der Waals surface area contributed by atoms with E-state index in [-0.39, 0.29) is 6.04 Å². The van der Waals surface area contributed by atoms with Gasteiger partial charge in [0.05, 0.1) is 5.02 Å². The first-order valence-corrected chi connectivity index (χ1v) is 8.09. The highest BCUT2D eigenvalue weighted by molar-refractivity contribution is 6.31. The molecular weight excluding hydrogens is 268 g/mol. The normalized spacial score (nSPS) is 25.4. The molecule has 3 heteroatoms. The van der Waals surface area contributed by atoms with Crippen molar-refractivity contribution in [2.75, 3.05) is 0 Å². The summed E-state index contributed by atoms with van der Waals surface area (Å²) in [5.41, 5.74) is 7.99. The maximum atomic E-state index is 6.42. The highest BCUT2D eigenvalue weighted by Gasteiger charge is 2.31. The van der Waals surface area contributed by atoms with E-state index in [0.717, 1.165) is 22.9 Å². The number of nitrogens with zero attached hydrogens (tertiary/aromatic N) is 1. The van der Waals surface area contributed by atoms with Crippen LogP contribution in [-0.2, 0) is 6.42 Å². The Labute approximate surface area is 128 Å². The fourth-order valence-electron chi connectivity index (χ4n) is 3.40. The Kier molecular flexibility index (Phi) is 5.09. The molecule has 1 heterocycles. The molecule has 1 aliphatic rings. The average molecular weight is 295 g/mol. The van der Waals surface area contributed by atoms with Crippen LogP contribution in [0, 0.1) is 17.3 Å². The van der Waals surface area contributed by atoms with Crippen molar-refractivity contribution >= 4 is 11.6 Å². The van der Waals surface area contributed by atoms with Gasteiger partial charge in [-0.15, -0.1) is 0 Å². The maximum Gasteiger partial charge on any atom is 0.0621 e. The predicted molar refractivity (Wildman–Crippen MR) is 85.8 cm³/mol. The Morgan fingerprint density at radius 3 is 2.50 bits per heavy atom. The predicted octanol–water partition coefficient (Wildman–Crippen LogP) is 4.46. The minimum absolute atomic E-state index is 0.218. The van der Waals surface area contributed by atoms with Crippen LogP contribution in [0.1, 0.15) is 52.0 Å². The van der Waals surface area contributed by atoms with Crippen molar-refractivity contribution in [2.45, 2.75) is 58.9 Å². The van der Waals surface area contributed by atoms with Crippen LogP contribution >= 0.6 is 11.6 Å². The summed E-state index contributed by atoms with van der Waals surface area (Å²) in [7, 11) is 0. The Morgan fingerprint density at radius 1 is 1.30 bits per heavy atom. The Balaban J connectivity index is 1.89. The number of halogens is 1. The van der Waals surface area contributed by atoms with E-state index in [4.69, 9.17) is 17.3 Å². The molecular formula is C17H27ClN2. The highest BCUT2D eigenvalue weighted by atomic mass is 35.5. The number of aromatic nitrogens is 1. The summed E-state index contributed by atoms with van der Waals surface area (Å²) in [6, 6.07) is 2.21. The van der Waals surface area contributed by atoms with Crippen molar-refractivity contribution < 1.29 is 0 Å². The molecule has 0 aliphatic heterocycles. The molecule has 2 rings (SSSR count). The summed E-state index contributed by atoms with van der Waals surface area (Å²) in [5, 5.41) is 0.742. The van der Waals surface area contributed by atoms with E-state index in [1.165, 1.54) is 25.7 Å². The van der Waals surface area contributed by atoms with Crippen LogP contribution in [0.2, 0.25) is 5.02 Å². The molecule has 2 nitrogen and oxygen atoms in total. The first-order chi connectivity index (χ1) is 9.38. The molecule has 20 heavy (non-hydrogen) atoms. The van der Waals surface area contributed by atoms with E-state index < -0.39 is 0 Å².